The fraction of sp³-hybridized carbons (Fsp3) is 0.444. The maximum atomic E-state index is 13.0. The van der Waals surface area contributed by atoms with Crippen LogP contribution in [0.25, 0.3) is 0 Å². The molecule has 0 bridgehead atoms. The van der Waals surface area contributed by atoms with Gasteiger partial charge in [-0.3, -0.25) is 4.98 Å². The summed E-state index contributed by atoms with van der Waals surface area (Å²) in [6.45, 7) is -2.10. The van der Waals surface area contributed by atoms with Crippen LogP contribution in [0.1, 0.15) is 11.7 Å². The van der Waals surface area contributed by atoms with Crippen LogP contribution in [0.3, 0.4) is 0 Å². The van der Waals surface area contributed by atoms with E-state index < -0.39 is 31.3 Å². The fourth-order valence-electron chi connectivity index (χ4n) is 1.03. The monoisotopic (exact) mass is 239 g/mol. The number of ether oxygens (including phenoxy) is 1. The van der Waals surface area contributed by atoms with Crippen molar-refractivity contribution >= 4 is 0 Å². The third-order valence-electron chi connectivity index (χ3n) is 1.70. The number of halogens is 4. The van der Waals surface area contributed by atoms with Crippen molar-refractivity contribution in [1.82, 2.24) is 4.98 Å². The van der Waals surface area contributed by atoms with Gasteiger partial charge < -0.3 is 9.84 Å². The molecule has 1 aromatic heterocycles. The molecule has 1 heterocycles. The zero-order valence-corrected chi connectivity index (χ0v) is 8.04. The lowest BCUT2D eigenvalue weighted by atomic mass is 10.1. The topological polar surface area (TPSA) is 42.4 Å². The molecule has 0 fully saturated rings. The highest BCUT2D eigenvalue weighted by atomic mass is 19.4. The van der Waals surface area contributed by atoms with Crippen LogP contribution in [-0.2, 0) is 4.74 Å². The Labute approximate surface area is 88.7 Å². The summed E-state index contributed by atoms with van der Waals surface area (Å²) in [6, 6.07) is 1.18. The van der Waals surface area contributed by atoms with E-state index in [4.69, 9.17) is 0 Å². The van der Waals surface area contributed by atoms with Crippen molar-refractivity contribution < 1.29 is 27.4 Å². The second-order valence-electron chi connectivity index (χ2n) is 3.04. The minimum Gasteiger partial charge on any atom is -0.386 e. The number of hydrogen-bond acceptors (Lipinski definition) is 3. The van der Waals surface area contributed by atoms with Gasteiger partial charge in [0, 0.05) is 11.8 Å². The van der Waals surface area contributed by atoms with Crippen LogP contribution < -0.4 is 0 Å². The van der Waals surface area contributed by atoms with Crippen molar-refractivity contribution in [3.63, 3.8) is 0 Å². The largest absolute Gasteiger partial charge is 0.411 e. The Balaban J connectivity index is 2.47. The number of aromatic nitrogens is 1. The Morgan fingerprint density at radius 1 is 1.44 bits per heavy atom. The molecule has 0 saturated carbocycles. The lowest BCUT2D eigenvalue weighted by molar-refractivity contribution is -0.179. The molecule has 1 rings (SSSR count). The van der Waals surface area contributed by atoms with Gasteiger partial charge in [-0.15, -0.1) is 0 Å². The van der Waals surface area contributed by atoms with Crippen molar-refractivity contribution in [2.24, 2.45) is 0 Å². The van der Waals surface area contributed by atoms with Crippen molar-refractivity contribution in [1.29, 1.82) is 0 Å². The first-order chi connectivity index (χ1) is 7.40. The number of rotatable bonds is 4. The molecule has 0 aliphatic rings. The van der Waals surface area contributed by atoms with Crippen molar-refractivity contribution in [3.8, 4) is 0 Å². The van der Waals surface area contributed by atoms with E-state index in [0.717, 1.165) is 6.20 Å². The molecule has 7 heteroatoms. The summed E-state index contributed by atoms with van der Waals surface area (Å²) >= 11 is 0. The van der Waals surface area contributed by atoms with Crippen LogP contribution in [0.2, 0.25) is 0 Å². The van der Waals surface area contributed by atoms with Crippen LogP contribution in [0.4, 0.5) is 17.6 Å². The third-order valence-corrected chi connectivity index (χ3v) is 1.70. The second-order valence-corrected chi connectivity index (χ2v) is 3.04. The molecular weight excluding hydrogens is 230 g/mol. The lowest BCUT2D eigenvalue weighted by Gasteiger charge is -2.13. The van der Waals surface area contributed by atoms with Gasteiger partial charge in [0.2, 0.25) is 0 Å². The summed E-state index contributed by atoms with van der Waals surface area (Å²) in [7, 11) is 0. The van der Waals surface area contributed by atoms with Crippen molar-refractivity contribution in [2.45, 2.75) is 12.3 Å². The number of pyridine rings is 1. The first-order valence-electron chi connectivity index (χ1n) is 4.32. The maximum Gasteiger partial charge on any atom is 0.411 e. The molecular formula is C9H9F4NO2. The quantitative estimate of drug-likeness (QED) is 0.815. The molecule has 16 heavy (non-hydrogen) atoms. The Morgan fingerprint density at radius 2 is 2.12 bits per heavy atom. The van der Waals surface area contributed by atoms with Gasteiger partial charge in [-0.25, -0.2) is 4.39 Å². The molecule has 0 saturated heterocycles. The number of aliphatic hydroxyl groups is 1. The van der Waals surface area contributed by atoms with E-state index in [-0.39, 0.29) is 5.56 Å². The van der Waals surface area contributed by atoms with E-state index in [1.807, 2.05) is 0 Å². The van der Waals surface area contributed by atoms with Crippen molar-refractivity contribution in [2.75, 3.05) is 13.2 Å². The molecule has 3 nitrogen and oxygen atoms in total. The Bertz CT molecular complexity index is 343. The molecule has 1 unspecified atom stereocenters. The van der Waals surface area contributed by atoms with Gasteiger partial charge >= 0.3 is 6.18 Å². The van der Waals surface area contributed by atoms with Gasteiger partial charge in [-0.2, -0.15) is 13.2 Å². The summed E-state index contributed by atoms with van der Waals surface area (Å²) in [5, 5.41) is 9.34. The molecule has 0 aromatic carbocycles. The fourth-order valence-corrected chi connectivity index (χ4v) is 1.03. The van der Waals surface area contributed by atoms with Gasteiger partial charge in [-0.05, 0) is 6.07 Å². The SMILES string of the molecule is OC(COCC(F)(F)F)c1ccncc1F. The highest BCUT2D eigenvalue weighted by molar-refractivity contribution is 5.15. The number of alkyl halides is 3. The highest BCUT2D eigenvalue weighted by Crippen LogP contribution is 2.18. The zero-order valence-electron chi connectivity index (χ0n) is 8.04. The van der Waals surface area contributed by atoms with Gasteiger partial charge in [-0.1, -0.05) is 0 Å². The molecule has 90 valence electrons. The van der Waals surface area contributed by atoms with Gasteiger partial charge in [0.25, 0.3) is 0 Å². The van der Waals surface area contributed by atoms with E-state index in [0.29, 0.717) is 0 Å². The third kappa shape index (κ3) is 4.11. The molecule has 0 aliphatic heterocycles. The standard InChI is InChI=1S/C9H9F4NO2/c10-7-3-14-2-1-6(7)8(15)4-16-5-9(11,12)13/h1-3,8,15H,4-5H2. The Kier molecular flexibility index (Phi) is 4.19. The van der Waals surface area contributed by atoms with Gasteiger partial charge in [0.1, 0.15) is 18.5 Å². The predicted molar refractivity (Wildman–Crippen MR) is 46.0 cm³/mol. The second kappa shape index (κ2) is 5.22. The average molecular weight is 239 g/mol. The summed E-state index contributed by atoms with van der Waals surface area (Å²) in [6.07, 6.45) is -3.81. The lowest BCUT2D eigenvalue weighted by Crippen LogP contribution is -2.20. The number of hydrogen-bond donors (Lipinski definition) is 1. The average Bonchev–Trinajstić information content (AvgIpc) is 2.16. The Hall–Kier alpha value is -1.21. The molecule has 1 N–H and O–H groups in total. The first kappa shape index (κ1) is 12.9. The predicted octanol–water partition coefficient (Wildman–Crippen LogP) is 1.83. The molecule has 0 spiro atoms. The van der Waals surface area contributed by atoms with Crippen LogP contribution >= 0.6 is 0 Å². The zero-order chi connectivity index (χ0) is 12.2. The molecule has 0 radical (unpaired) electrons. The maximum absolute atomic E-state index is 13.0. The minimum absolute atomic E-state index is 0.142. The van der Waals surface area contributed by atoms with E-state index in [1.54, 1.807) is 0 Å². The van der Waals surface area contributed by atoms with Crippen LogP contribution in [-0.4, -0.2) is 29.5 Å². The van der Waals surface area contributed by atoms with E-state index in [9.17, 15) is 22.7 Å². The molecule has 0 aliphatic carbocycles. The number of aliphatic hydroxyl groups excluding tert-OH is 1. The van der Waals surface area contributed by atoms with E-state index in [2.05, 4.69) is 9.72 Å². The highest BCUT2D eigenvalue weighted by Gasteiger charge is 2.28. The summed E-state index contributed by atoms with van der Waals surface area (Å²) in [4.78, 5) is 3.44. The van der Waals surface area contributed by atoms with Gasteiger partial charge in [0.05, 0.1) is 12.8 Å². The summed E-state index contributed by atoms with van der Waals surface area (Å²) < 4.78 is 52.3. The molecule has 1 atom stereocenters. The van der Waals surface area contributed by atoms with E-state index >= 15 is 0 Å². The van der Waals surface area contributed by atoms with E-state index in [1.165, 1.54) is 12.3 Å². The first-order valence-corrected chi connectivity index (χ1v) is 4.32. The van der Waals surface area contributed by atoms with Crippen LogP contribution in [0.15, 0.2) is 18.5 Å². The van der Waals surface area contributed by atoms with Crippen molar-refractivity contribution in [3.05, 3.63) is 29.8 Å². The smallest absolute Gasteiger partial charge is 0.386 e. The van der Waals surface area contributed by atoms with Crippen LogP contribution in [0.5, 0.6) is 0 Å². The van der Waals surface area contributed by atoms with Gasteiger partial charge in [0.15, 0.2) is 0 Å². The number of nitrogens with zero attached hydrogens (tertiary/aromatic N) is 1. The molecule has 0 amide bonds. The van der Waals surface area contributed by atoms with Crippen LogP contribution in [0, 0.1) is 5.82 Å². The molecule has 1 aromatic rings. The normalized spacial score (nSPS) is 13.8. The summed E-state index contributed by atoms with van der Waals surface area (Å²) in [5.74, 6) is -0.786. The summed E-state index contributed by atoms with van der Waals surface area (Å²) in [5.41, 5.74) is -0.142. The Morgan fingerprint density at radius 3 is 2.69 bits per heavy atom. The minimum atomic E-state index is -4.46.